The molecule has 28 heavy (non-hydrogen) atoms. The standard InChI is InChI=1S/C20H17ClFN3O3/c1-12-9-14(3-5-17(12)21)23-20(26)24-19-6-4-15(11-18(19)22)28-16-7-8-25(27)13(2)10-16/h3-11H,1-2H3,(H2-,23,24,26,27)/p+1. The zero-order valence-corrected chi connectivity index (χ0v) is 15.9. The lowest BCUT2D eigenvalue weighted by Gasteiger charge is -2.11. The summed E-state index contributed by atoms with van der Waals surface area (Å²) < 4.78 is 20.8. The predicted molar refractivity (Wildman–Crippen MR) is 104 cm³/mol. The number of ether oxygens (including phenoxy) is 1. The molecule has 1 heterocycles. The van der Waals surface area contributed by atoms with Crippen molar-refractivity contribution in [3.63, 3.8) is 0 Å². The number of benzene rings is 2. The molecule has 0 spiro atoms. The summed E-state index contributed by atoms with van der Waals surface area (Å²) >= 11 is 5.95. The average Bonchev–Trinajstić information content (AvgIpc) is 2.64. The molecule has 6 nitrogen and oxygen atoms in total. The molecule has 0 radical (unpaired) electrons. The number of hydrogen-bond acceptors (Lipinski definition) is 3. The Bertz CT molecular complexity index is 1040. The SMILES string of the molecule is Cc1cc(NC(=O)Nc2ccc(Oc3cc[n+](O)c(C)c3)cc2F)ccc1Cl. The number of amides is 2. The van der Waals surface area contributed by atoms with Gasteiger partial charge in [-0.05, 0) is 42.8 Å². The summed E-state index contributed by atoms with van der Waals surface area (Å²) in [6, 6.07) is 11.7. The zero-order chi connectivity index (χ0) is 20.3. The van der Waals surface area contributed by atoms with Crippen molar-refractivity contribution in [2.45, 2.75) is 13.8 Å². The van der Waals surface area contributed by atoms with Crippen LogP contribution in [0.5, 0.6) is 11.5 Å². The molecular weight excluding hydrogens is 385 g/mol. The van der Waals surface area contributed by atoms with E-state index in [0.29, 0.717) is 22.2 Å². The van der Waals surface area contributed by atoms with Gasteiger partial charge in [-0.2, -0.15) is 0 Å². The van der Waals surface area contributed by atoms with Crippen molar-refractivity contribution in [1.29, 1.82) is 0 Å². The van der Waals surface area contributed by atoms with E-state index >= 15 is 0 Å². The Labute approximate surface area is 166 Å². The van der Waals surface area contributed by atoms with Crippen molar-refractivity contribution in [2.75, 3.05) is 10.6 Å². The lowest BCUT2D eigenvalue weighted by atomic mass is 10.2. The van der Waals surface area contributed by atoms with Gasteiger partial charge in [0.15, 0.2) is 0 Å². The Morgan fingerprint density at radius 2 is 1.82 bits per heavy atom. The van der Waals surface area contributed by atoms with Crippen LogP contribution in [0.4, 0.5) is 20.6 Å². The number of rotatable bonds is 4. The van der Waals surface area contributed by atoms with Gasteiger partial charge in [0.2, 0.25) is 11.9 Å². The fraction of sp³-hybridized carbons (Fsp3) is 0.100. The first kappa shape index (κ1) is 19.4. The molecule has 0 bridgehead atoms. The van der Waals surface area contributed by atoms with Crippen LogP contribution in [0.1, 0.15) is 11.3 Å². The highest BCUT2D eigenvalue weighted by Gasteiger charge is 2.11. The van der Waals surface area contributed by atoms with Gasteiger partial charge in [0.05, 0.1) is 11.8 Å². The number of aromatic nitrogens is 1. The summed E-state index contributed by atoms with van der Waals surface area (Å²) in [5.41, 5.74) is 1.92. The summed E-state index contributed by atoms with van der Waals surface area (Å²) in [6.07, 6.45) is 1.42. The van der Waals surface area contributed by atoms with E-state index < -0.39 is 11.8 Å². The van der Waals surface area contributed by atoms with Crippen LogP contribution < -0.4 is 20.1 Å². The first-order valence-corrected chi connectivity index (χ1v) is 8.73. The molecule has 8 heteroatoms. The van der Waals surface area contributed by atoms with E-state index in [4.69, 9.17) is 16.3 Å². The van der Waals surface area contributed by atoms with Gasteiger partial charge in [-0.3, -0.25) is 5.21 Å². The molecule has 3 aromatic rings. The van der Waals surface area contributed by atoms with E-state index in [1.54, 1.807) is 37.3 Å². The number of halogens is 2. The zero-order valence-electron chi connectivity index (χ0n) is 15.2. The monoisotopic (exact) mass is 402 g/mol. The average molecular weight is 403 g/mol. The molecule has 0 aliphatic rings. The second-order valence-corrected chi connectivity index (χ2v) is 6.54. The maximum atomic E-state index is 14.3. The van der Waals surface area contributed by atoms with Crippen molar-refractivity contribution in [1.82, 2.24) is 0 Å². The number of nitrogens with zero attached hydrogens (tertiary/aromatic N) is 1. The summed E-state index contributed by atoms with van der Waals surface area (Å²) in [4.78, 5) is 12.1. The molecular formula is C20H18ClFN3O3+. The lowest BCUT2D eigenvalue weighted by molar-refractivity contribution is -0.908. The predicted octanol–water partition coefficient (Wildman–Crippen LogP) is 5.06. The van der Waals surface area contributed by atoms with Crippen LogP contribution in [-0.2, 0) is 0 Å². The maximum Gasteiger partial charge on any atom is 0.323 e. The van der Waals surface area contributed by atoms with Crippen LogP contribution in [0.15, 0.2) is 54.7 Å². The highest BCUT2D eigenvalue weighted by Crippen LogP contribution is 2.26. The number of hydrogen-bond donors (Lipinski definition) is 3. The van der Waals surface area contributed by atoms with Gasteiger partial charge in [0.25, 0.3) is 0 Å². The second kappa shape index (κ2) is 8.14. The first-order valence-electron chi connectivity index (χ1n) is 8.35. The third kappa shape index (κ3) is 4.69. The van der Waals surface area contributed by atoms with Crippen molar-refractivity contribution in [3.8, 4) is 11.5 Å². The highest BCUT2D eigenvalue weighted by molar-refractivity contribution is 6.31. The molecule has 0 aliphatic carbocycles. The highest BCUT2D eigenvalue weighted by atomic mass is 35.5. The molecule has 0 aliphatic heterocycles. The number of anilines is 2. The fourth-order valence-electron chi connectivity index (χ4n) is 2.45. The fourth-order valence-corrected chi connectivity index (χ4v) is 2.57. The Morgan fingerprint density at radius 1 is 1.07 bits per heavy atom. The van der Waals surface area contributed by atoms with Gasteiger partial charge in [0, 0.05) is 34.5 Å². The van der Waals surface area contributed by atoms with Crippen LogP contribution in [-0.4, -0.2) is 11.2 Å². The van der Waals surface area contributed by atoms with E-state index in [1.807, 2.05) is 6.92 Å². The summed E-state index contributed by atoms with van der Waals surface area (Å²) in [7, 11) is 0. The van der Waals surface area contributed by atoms with Crippen molar-refractivity contribution in [2.24, 2.45) is 0 Å². The number of aryl methyl sites for hydroxylation is 2. The second-order valence-electron chi connectivity index (χ2n) is 6.14. The Kier molecular flexibility index (Phi) is 5.65. The van der Waals surface area contributed by atoms with Crippen LogP contribution >= 0.6 is 11.6 Å². The lowest BCUT2D eigenvalue weighted by Crippen LogP contribution is -2.32. The molecule has 1 aromatic heterocycles. The van der Waals surface area contributed by atoms with Crippen molar-refractivity contribution in [3.05, 3.63) is 76.8 Å². The molecule has 2 aromatic carbocycles. The molecule has 0 unspecified atom stereocenters. The van der Waals surface area contributed by atoms with Crippen LogP contribution in [0, 0.1) is 19.7 Å². The van der Waals surface area contributed by atoms with E-state index in [0.717, 1.165) is 16.4 Å². The summed E-state index contributed by atoms with van der Waals surface area (Å²) in [5, 5.41) is 15.1. The molecule has 144 valence electrons. The van der Waals surface area contributed by atoms with Crippen molar-refractivity contribution < 1.29 is 23.9 Å². The van der Waals surface area contributed by atoms with Crippen LogP contribution in [0.2, 0.25) is 5.02 Å². The third-order valence-corrected chi connectivity index (χ3v) is 4.36. The molecule has 0 atom stereocenters. The van der Waals surface area contributed by atoms with E-state index in [2.05, 4.69) is 10.6 Å². The van der Waals surface area contributed by atoms with E-state index in [9.17, 15) is 14.4 Å². The molecule has 2 amide bonds. The van der Waals surface area contributed by atoms with Crippen LogP contribution in [0.3, 0.4) is 0 Å². The normalized spacial score (nSPS) is 10.4. The largest absolute Gasteiger partial charge is 0.457 e. The van der Waals surface area contributed by atoms with Crippen LogP contribution in [0.25, 0.3) is 0 Å². The number of urea groups is 1. The molecule has 0 saturated carbocycles. The van der Waals surface area contributed by atoms with Gasteiger partial charge in [-0.15, -0.1) is 0 Å². The minimum Gasteiger partial charge on any atom is -0.457 e. The third-order valence-electron chi connectivity index (χ3n) is 3.93. The molecule has 0 saturated heterocycles. The van der Waals surface area contributed by atoms with Crippen molar-refractivity contribution >= 4 is 29.0 Å². The maximum absolute atomic E-state index is 14.3. The minimum atomic E-state index is -0.648. The molecule has 0 fully saturated rings. The Hall–Kier alpha value is -3.32. The number of carbonyl (C=O) groups excluding carboxylic acids is 1. The van der Waals surface area contributed by atoms with E-state index in [1.165, 1.54) is 18.3 Å². The number of nitrogens with one attached hydrogen (secondary N) is 2. The molecule has 3 N–H and O–H groups in total. The van der Waals surface area contributed by atoms with Gasteiger partial charge >= 0.3 is 6.03 Å². The topological polar surface area (TPSA) is 74.5 Å². The minimum absolute atomic E-state index is 0.00739. The van der Waals surface area contributed by atoms with Gasteiger partial charge in [-0.25, -0.2) is 9.18 Å². The smallest absolute Gasteiger partial charge is 0.323 e. The summed E-state index contributed by atoms with van der Waals surface area (Å²) in [5.74, 6) is 0.0513. The summed E-state index contributed by atoms with van der Waals surface area (Å²) in [6.45, 7) is 3.51. The van der Waals surface area contributed by atoms with Gasteiger partial charge in [0.1, 0.15) is 17.3 Å². The van der Waals surface area contributed by atoms with Gasteiger partial charge in [-0.1, -0.05) is 11.6 Å². The Morgan fingerprint density at radius 3 is 2.50 bits per heavy atom. The quantitative estimate of drug-likeness (QED) is 0.422. The number of carbonyl (C=O) groups is 1. The molecule has 3 rings (SSSR count). The first-order chi connectivity index (χ1) is 13.3. The van der Waals surface area contributed by atoms with E-state index in [-0.39, 0.29) is 11.4 Å². The number of pyridine rings is 1. The van der Waals surface area contributed by atoms with Gasteiger partial charge < -0.3 is 15.4 Å². The Balaban J connectivity index is 1.67.